The first-order chi connectivity index (χ1) is 14.3. The summed E-state index contributed by atoms with van der Waals surface area (Å²) in [5.74, 6) is 6.50. The highest BCUT2D eigenvalue weighted by Crippen LogP contribution is 2.68. The Kier molecular flexibility index (Phi) is 6.80. The minimum Gasteiger partial charge on any atom is -0.396 e. The molecule has 4 rings (SSSR count). The van der Waals surface area contributed by atoms with Gasteiger partial charge in [0.1, 0.15) is 0 Å². The molecule has 0 aromatic carbocycles. The molecule has 0 aromatic heterocycles. The molecule has 0 radical (unpaired) electrons. The lowest BCUT2D eigenvalue weighted by molar-refractivity contribution is -0.112. The average molecular weight is 415 g/mol. The van der Waals surface area contributed by atoms with Gasteiger partial charge in [-0.05, 0) is 116 Å². The first kappa shape index (κ1) is 22.9. The molecule has 0 aromatic rings. The van der Waals surface area contributed by atoms with E-state index in [9.17, 15) is 5.11 Å². The molecule has 4 unspecified atom stereocenters. The monoisotopic (exact) mass is 414 g/mol. The Bertz CT molecular complexity index is 609. The van der Waals surface area contributed by atoms with E-state index in [4.69, 9.17) is 0 Å². The molecule has 1 nitrogen and oxygen atoms in total. The quantitative estimate of drug-likeness (QED) is 0.438. The van der Waals surface area contributed by atoms with Gasteiger partial charge in [0.2, 0.25) is 0 Å². The molecule has 0 heterocycles. The molecule has 1 N–H and O–H groups in total. The van der Waals surface area contributed by atoms with Crippen LogP contribution in [0.4, 0.5) is 0 Å². The summed E-state index contributed by atoms with van der Waals surface area (Å²) in [4.78, 5) is 0. The van der Waals surface area contributed by atoms with Crippen molar-refractivity contribution in [3.8, 4) is 0 Å². The Hall–Kier alpha value is -0.300. The van der Waals surface area contributed by atoms with E-state index in [2.05, 4.69) is 46.8 Å². The molecule has 1 heteroatoms. The fourth-order valence-electron chi connectivity index (χ4n) is 9.52. The summed E-state index contributed by atoms with van der Waals surface area (Å²) in [5, 5.41) is 9.59. The topological polar surface area (TPSA) is 20.2 Å². The number of allylic oxidation sites excluding steroid dienone is 2. The van der Waals surface area contributed by atoms with Gasteiger partial charge in [-0.15, -0.1) is 0 Å². The second kappa shape index (κ2) is 8.92. The molecule has 4 fully saturated rings. The number of hydrogen-bond acceptors (Lipinski definition) is 1. The van der Waals surface area contributed by atoms with Crippen LogP contribution in [-0.2, 0) is 0 Å². The van der Waals surface area contributed by atoms with Crippen LogP contribution in [0.25, 0.3) is 0 Å². The second-order valence-corrected chi connectivity index (χ2v) is 12.6. The molecular weight excluding hydrogens is 364 g/mol. The maximum Gasteiger partial charge on any atom is 0.0462 e. The predicted octanol–water partition coefficient (Wildman–Crippen LogP) is 7.88. The van der Waals surface area contributed by atoms with Crippen LogP contribution in [0.5, 0.6) is 0 Å². The van der Waals surface area contributed by atoms with Crippen LogP contribution in [0.2, 0.25) is 0 Å². The van der Waals surface area contributed by atoms with E-state index in [0.29, 0.717) is 35.2 Å². The van der Waals surface area contributed by atoms with Crippen molar-refractivity contribution >= 4 is 0 Å². The van der Waals surface area contributed by atoms with Gasteiger partial charge in [-0.2, -0.15) is 0 Å². The van der Waals surface area contributed by atoms with Crippen LogP contribution in [0, 0.1) is 58.2 Å². The predicted molar refractivity (Wildman–Crippen MR) is 128 cm³/mol. The van der Waals surface area contributed by atoms with Crippen molar-refractivity contribution in [2.75, 3.05) is 6.61 Å². The van der Waals surface area contributed by atoms with Gasteiger partial charge in [0.15, 0.2) is 0 Å². The molecular formula is C29H50O. The van der Waals surface area contributed by atoms with Crippen molar-refractivity contribution in [3.05, 3.63) is 12.2 Å². The zero-order valence-corrected chi connectivity index (χ0v) is 20.7. The Morgan fingerprint density at radius 3 is 2.37 bits per heavy atom. The van der Waals surface area contributed by atoms with Crippen LogP contribution in [0.1, 0.15) is 105 Å². The van der Waals surface area contributed by atoms with Gasteiger partial charge in [0, 0.05) is 6.61 Å². The summed E-state index contributed by atoms with van der Waals surface area (Å²) < 4.78 is 0. The van der Waals surface area contributed by atoms with E-state index in [1.165, 1.54) is 64.2 Å². The first-order valence-electron chi connectivity index (χ1n) is 13.6. The van der Waals surface area contributed by atoms with Crippen molar-refractivity contribution in [3.63, 3.8) is 0 Å². The van der Waals surface area contributed by atoms with Crippen molar-refractivity contribution in [2.45, 2.75) is 105 Å². The number of fused-ring (bicyclic) bond motifs is 5. The van der Waals surface area contributed by atoms with Gasteiger partial charge in [-0.25, -0.2) is 0 Å². The van der Waals surface area contributed by atoms with E-state index >= 15 is 0 Å². The average Bonchev–Trinajstić information content (AvgIpc) is 3.10. The Morgan fingerprint density at radius 2 is 1.63 bits per heavy atom. The zero-order chi connectivity index (χ0) is 21.5. The van der Waals surface area contributed by atoms with Crippen LogP contribution in [-0.4, -0.2) is 11.7 Å². The van der Waals surface area contributed by atoms with Crippen LogP contribution in [0.15, 0.2) is 12.2 Å². The SMILES string of the molecule is CCC(C=CC(C)[C@H]1CC[C@H]2[C@@H]3CCC4CCCC[C@]4(C)[C@H]3CC[C@]12C)C(C)CO. The molecule has 30 heavy (non-hydrogen) atoms. The number of rotatable bonds is 6. The highest BCUT2D eigenvalue weighted by Gasteiger charge is 2.59. The third-order valence-electron chi connectivity index (χ3n) is 11.4. The number of aliphatic hydroxyl groups is 1. The van der Waals surface area contributed by atoms with E-state index < -0.39 is 0 Å². The fourth-order valence-corrected chi connectivity index (χ4v) is 9.52. The zero-order valence-electron chi connectivity index (χ0n) is 20.7. The normalized spacial score (nSPS) is 46.7. The van der Waals surface area contributed by atoms with Gasteiger partial charge >= 0.3 is 0 Å². The van der Waals surface area contributed by atoms with Gasteiger partial charge in [-0.3, -0.25) is 0 Å². The summed E-state index contributed by atoms with van der Waals surface area (Å²) in [6.07, 6.45) is 21.2. The van der Waals surface area contributed by atoms with Crippen molar-refractivity contribution in [1.29, 1.82) is 0 Å². The standard InChI is InChI=1S/C29H50O/c1-6-22(21(3)19-30)11-10-20(2)25-14-15-26-24-13-12-23-9-7-8-17-28(23,4)27(24)16-18-29(25,26)5/h10-11,20-27,30H,6-9,12-19H2,1-5H3/t20?,21?,22?,23?,24-,25+,26-,27-,28-,29+/m0/s1. The maximum absolute atomic E-state index is 9.59. The van der Waals surface area contributed by atoms with Crippen molar-refractivity contribution in [1.82, 2.24) is 0 Å². The Balaban J connectivity index is 1.48. The summed E-state index contributed by atoms with van der Waals surface area (Å²) in [7, 11) is 0. The second-order valence-electron chi connectivity index (χ2n) is 12.6. The van der Waals surface area contributed by atoms with Gasteiger partial charge in [0.05, 0.1) is 0 Å². The fraction of sp³-hybridized carbons (Fsp3) is 0.931. The van der Waals surface area contributed by atoms with Crippen molar-refractivity contribution < 1.29 is 5.11 Å². The van der Waals surface area contributed by atoms with Crippen LogP contribution in [0.3, 0.4) is 0 Å². The smallest absolute Gasteiger partial charge is 0.0462 e. The summed E-state index contributed by atoms with van der Waals surface area (Å²) in [6, 6.07) is 0. The molecule has 10 atom stereocenters. The van der Waals surface area contributed by atoms with E-state index in [-0.39, 0.29) is 0 Å². The first-order valence-corrected chi connectivity index (χ1v) is 13.6. The third kappa shape index (κ3) is 3.74. The molecule has 172 valence electrons. The van der Waals surface area contributed by atoms with E-state index in [0.717, 1.165) is 36.0 Å². The molecule has 4 aliphatic carbocycles. The molecule has 4 aliphatic rings. The molecule has 4 saturated carbocycles. The minimum absolute atomic E-state index is 0.309. The maximum atomic E-state index is 9.59. The minimum atomic E-state index is 0.309. The highest BCUT2D eigenvalue weighted by molar-refractivity contribution is 5.11. The lowest BCUT2D eigenvalue weighted by Crippen LogP contribution is -2.53. The molecule has 0 spiro atoms. The van der Waals surface area contributed by atoms with Crippen LogP contribution >= 0.6 is 0 Å². The van der Waals surface area contributed by atoms with Crippen LogP contribution < -0.4 is 0 Å². The molecule has 0 bridgehead atoms. The molecule has 0 saturated heterocycles. The summed E-state index contributed by atoms with van der Waals surface area (Å²) >= 11 is 0. The largest absolute Gasteiger partial charge is 0.396 e. The third-order valence-corrected chi connectivity index (χ3v) is 11.4. The molecule has 0 aliphatic heterocycles. The van der Waals surface area contributed by atoms with E-state index in [1.54, 1.807) is 0 Å². The summed E-state index contributed by atoms with van der Waals surface area (Å²) in [5.41, 5.74) is 1.23. The highest BCUT2D eigenvalue weighted by atomic mass is 16.3. The lowest BCUT2D eigenvalue weighted by Gasteiger charge is -2.60. The number of hydrogen-bond donors (Lipinski definition) is 1. The van der Waals surface area contributed by atoms with Gasteiger partial charge in [0.25, 0.3) is 0 Å². The van der Waals surface area contributed by atoms with Gasteiger partial charge < -0.3 is 5.11 Å². The Labute approximate surface area is 187 Å². The van der Waals surface area contributed by atoms with Gasteiger partial charge in [-0.1, -0.05) is 59.6 Å². The summed E-state index contributed by atoms with van der Waals surface area (Å²) in [6.45, 7) is 12.7. The molecule has 0 amide bonds. The van der Waals surface area contributed by atoms with E-state index in [1.807, 2.05) is 0 Å². The number of aliphatic hydroxyl groups excluding tert-OH is 1. The Morgan fingerprint density at radius 1 is 0.867 bits per heavy atom. The lowest BCUT2D eigenvalue weighted by atomic mass is 9.44. The van der Waals surface area contributed by atoms with Crippen molar-refractivity contribution in [2.24, 2.45) is 58.2 Å².